The van der Waals surface area contributed by atoms with Gasteiger partial charge in [0.2, 0.25) is 15.9 Å². The van der Waals surface area contributed by atoms with Crippen molar-refractivity contribution in [1.82, 2.24) is 9.62 Å². The first-order valence-electron chi connectivity index (χ1n) is 7.93. The summed E-state index contributed by atoms with van der Waals surface area (Å²) in [6.45, 7) is 2.07. The second kappa shape index (κ2) is 8.63. The molecule has 0 aliphatic carbocycles. The van der Waals surface area contributed by atoms with Crippen LogP contribution in [-0.2, 0) is 14.8 Å². The maximum atomic E-state index is 12.3. The number of ether oxygens (including phenoxy) is 1. The van der Waals surface area contributed by atoms with Crippen LogP contribution in [0.4, 0.5) is 5.69 Å². The predicted octanol–water partition coefficient (Wildman–Crippen LogP) is 2.30. The van der Waals surface area contributed by atoms with Crippen molar-refractivity contribution in [2.75, 3.05) is 33.1 Å². The normalized spacial score (nSPS) is 12.8. The van der Waals surface area contributed by atoms with Gasteiger partial charge in [0.05, 0.1) is 24.2 Å². The Hall–Kier alpha value is -1.94. The first kappa shape index (κ1) is 20.4. The van der Waals surface area contributed by atoms with Gasteiger partial charge >= 0.3 is 0 Å². The number of methoxy groups -OCH3 is 1. The number of benzene rings is 1. The highest BCUT2D eigenvalue weighted by atomic mass is 32.2. The monoisotopic (exact) mass is 397 g/mol. The average molecular weight is 398 g/mol. The van der Waals surface area contributed by atoms with Crippen molar-refractivity contribution in [2.24, 2.45) is 0 Å². The zero-order chi connectivity index (χ0) is 19.3. The molecule has 2 aromatic rings. The number of amides is 1. The molecular formula is C17H23N3O4S2. The molecule has 2 N–H and O–H groups in total. The van der Waals surface area contributed by atoms with E-state index in [0.29, 0.717) is 11.4 Å². The zero-order valence-corrected chi connectivity index (χ0v) is 16.8. The van der Waals surface area contributed by atoms with Crippen LogP contribution in [0.5, 0.6) is 5.75 Å². The summed E-state index contributed by atoms with van der Waals surface area (Å²) in [6, 6.07) is 8.37. The summed E-state index contributed by atoms with van der Waals surface area (Å²) in [4.78, 5) is 13.5. The largest absolute Gasteiger partial charge is 0.495 e. The van der Waals surface area contributed by atoms with Gasteiger partial charge in [-0.1, -0.05) is 6.07 Å². The fourth-order valence-electron chi connectivity index (χ4n) is 2.23. The van der Waals surface area contributed by atoms with E-state index < -0.39 is 10.0 Å². The minimum atomic E-state index is -3.60. The number of carbonyl (C=O) groups is 1. The number of rotatable bonds is 8. The van der Waals surface area contributed by atoms with E-state index in [9.17, 15) is 13.2 Å². The Bertz CT molecular complexity index is 849. The average Bonchev–Trinajstić information content (AvgIpc) is 3.14. The molecule has 2 rings (SSSR count). The molecule has 1 unspecified atom stereocenters. The lowest BCUT2D eigenvalue weighted by molar-refractivity contribution is -0.115. The molecule has 9 heteroatoms. The van der Waals surface area contributed by atoms with Crippen LogP contribution in [0.1, 0.15) is 17.8 Å². The van der Waals surface area contributed by atoms with E-state index in [1.807, 2.05) is 24.4 Å². The summed E-state index contributed by atoms with van der Waals surface area (Å²) in [7, 11) is 0.761. The second-order valence-corrected chi connectivity index (χ2v) is 8.95. The maximum absolute atomic E-state index is 12.3. The molecule has 0 aliphatic rings. The maximum Gasteiger partial charge on any atom is 0.242 e. The molecule has 0 spiro atoms. The molecule has 0 aliphatic heterocycles. The van der Waals surface area contributed by atoms with Crippen molar-refractivity contribution in [3.05, 3.63) is 40.6 Å². The molecule has 1 heterocycles. The fraction of sp³-hybridized carbons (Fsp3) is 0.353. The van der Waals surface area contributed by atoms with Crippen molar-refractivity contribution in [2.45, 2.75) is 17.9 Å². The topological polar surface area (TPSA) is 87.7 Å². The number of carbonyl (C=O) groups excluding carboxylic acids is 1. The smallest absolute Gasteiger partial charge is 0.242 e. The van der Waals surface area contributed by atoms with Crippen molar-refractivity contribution >= 4 is 33.0 Å². The van der Waals surface area contributed by atoms with E-state index in [2.05, 4.69) is 10.6 Å². The summed E-state index contributed by atoms with van der Waals surface area (Å²) < 4.78 is 30.9. The Kier molecular flexibility index (Phi) is 6.76. The lowest BCUT2D eigenvalue weighted by Crippen LogP contribution is -2.30. The Morgan fingerprint density at radius 1 is 1.31 bits per heavy atom. The van der Waals surface area contributed by atoms with E-state index in [4.69, 9.17) is 4.74 Å². The summed E-state index contributed by atoms with van der Waals surface area (Å²) in [6.07, 6.45) is 0. The second-order valence-electron chi connectivity index (χ2n) is 5.82. The van der Waals surface area contributed by atoms with Crippen molar-refractivity contribution in [3.63, 3.8) is 0 Å². The van der Waals surface area contributed by atoms with Crippen LogP contribution < -0.4 is 15.4 Å². The highest BCUT2D eigenvalue weighted by Crippen LogP contribution is 2.28. The van der Waals surface area contributed by atoms with Crippen LogP contribution in [0, 0.1) is 0 Å². The third kappa shape index (κ3) is 4.82. The number of anilines is 1. The Balaban J connectivity index is 2.10. The van der Waals surface area contributed by atoms with Gasteiger partial charge in [0.1, 0.15) is 5.75 Å². The van der Waals surface area contributed by atoms with Crippen LogP contribution >= 0.6 is 11.3 Å². The molecule has 1 aromatic heterocycles. The molecule has 7 nitrogen and oxygen atoms in total. The molecule has 1 amide bonds. The van der Waals surface area contributed by atoms with Crippen LogP contribution in [0.15, 0.2) is 40.6 Å². The molecule has 0 saturated heterocycles. The highest BCUT2D eigenvalue weighted by molar-refractivity contribution is 7.89. The summed E-state index contributed by atoms with van der Waals surface area (Å²) in [5, 5.41) is 7.83. The SMILES string of the molecule is COc1ccc(S(=O)(=O)N(C)C)cc1NC(=O)CNC(C)c1cccs1. The molecule has 0 fully saturated rings. The number of thiophene rings is 1. The number of hydrogen-bond donors (Lipinski definition) is 2. The lowest BCUT2D eigenvalue weighted by atomic mass is 10.2. The summed E-state index contributed by atoms with van der Waals surface area (Å²) in [5.41, 5.74) is 0.311. The first-order valence-corrected chi connectivity index (χ1v) is 10.2. The van der Waals surface area contributed by atoms with Crippen LogP contribution in [0.2, 0.25) is 0 Å². The third-order valence-corrected chi connectivity index (χ3v) is 6.63. The molecule has 1 atom stereocenters. The van der Waals surface area contributed by atoms with Crippen LogP contribution in [-0.4, -0.2) is 46.4 Å². The number of nitrogens with one attached hydrogen (secondary N) is 2. The first-order chi connectivity index (χ1) is 12.3. The molecule has 1 aromatic carbocycles. The predicted molar refractivity (Wildman–Crippen MR) is 103 cm³/mol. The molecule has 0 radical (unpaired) electrons. The van der Waals surface area contributed by atoms with Gasteiger partial charge in [-0.3, -0.25) is 4.79 Å². The van der Waals surface area contributed by atoms with E-state index in [0.717, 1.165) is 9.18 Å². The quantitative estimate of drug-likeness (QED) is 0.714. The van der Waals surface area contributed by atoms with Gasteiger partial charge in [0.15, 0.2) is 0 Å². The number of hydrogen-bond acceptors (Lipinski definition) is 6. The molecule has 142 valence electrons. The van der Waals surface area contributed by atoms with Gasteiger partial charge in [-0.2, -0.15) is 0 Å². The fourth-order valence-corrected chi connectivity index (χ4v) is 3.92. The molecule has 26 heavy (non-hydrogen) atoms. The van der Waals surface area contributed by atoms with Crippen molar-refractivity contribution < 1.29 is 17.9 Å². The third-order valence-electron chi connectivity index (χ3n) is 3.76. The minimum absolute atomic E-state index is 0.0445. The Morgan fingerprint density at radius 3 is 2.62 bits per heavy atom. The minimum Gasteiger partial charge on any atom is -0.495 e. The molecule has 0 saturated carbocycles. The summed E-state index contributed by atoms with van der Waals surface area (Å²) >= 11 is 1.61. The van der Waals surface area contributed by atoms with E-state index in [-0.39, 0.29) is 23.4 Å². The van der Waals surface area contributed by atoms with E-state index in [1.165, 1.54) is 39.4 Å². The van der Waals surface area contributed by atoms with Gasteiger partial charge in [-0.25, -0.2) is 12.7 Å². The number of nitrogens with zero attached hydrogens (tertiary/aromatic N) is 1. The lowest BCUT2D eigenvalue weighted by Gasteiger charge is -2.16. The van der Waals surface area contributed by atoms with E-state index in [1.54, 1.807) is 11.3 Å². The molecule has 0 bridgehead atoms. The van der Waals surface area contributed by atoms with Crippen molar-refractivity contribution in [3.8, 4) is 5.75 Å². The van der Waals surface area contributed by atoms with Gasteiger partial charge in [0, 0.05) is 25.0 Å². The van der Waals surface area contributed by atoms with Crippen LogP contribution in [0.25, 0.3) is 0 Å². The van der Waals surface area contributed by atoms with Gasteiger partial charge in [-0.05, 0) is 36.6 Å². The van der Waals surface area contributed by atoms with Crippen LogP contribution in [0.3, 0.4) is 0 Å². The number of sulfonamides is 1. The molecular weight excluding hydrogens is 374 g/mol. The van der Waals surface area contributed by atoms with Crippen molar-refractivity contribution in [1.29, 1.82) is 0 Å². The van der Waals surface area contributed by atoms with Gasteiger partial charge in [-0.15, -0.1) is 11.3 Å². The standard InChI is InChI=1S/C17H23N3O4S2/c1-12(16-6-5-9-25-16)18-11-17(21)19-14-10-13(7-8-15(14)24-4)26(22,23)20(2)3/h5-10,12,18H,11H2,1-4H3,(H,19,21). The zero-order valence-electron chi connectivity index (χ0n) is 15.1. The Labute approximate surface area is 158 Å². The Morgan fingerprint density at radius 2 is 2.04 bits per heavy atom. The van der Waals surface area contributed by atoms with E-state index >= 15 is 0 Å². The highest BCUT2D eigenvalue weighted by Gasteiger charge is 2.20. The summed E-state index contributed by atoms with van der Waals surface area (Å²) in [5.74, 6) is 0.105. The van der Waals surface area contributed by atoms with Gasteiger partial charge < -0.3 is 15.4 Å². The van der Waals surface area contributed by atoms with Gasteiger partial charge in [0.25, 0.3) is 0 Å².